The third kappa shape index (κ3) is 6.51. The van der Waals surface area contributed by atoms with Crippen molar-refractivity contribution < 1.29 is 9.53 Å². The Morgan fingerprint density at radius 3 is 2.48 bits per heavy atom. The number of carbonyl (C=O) groups is 1. The molecule has 2 N–H and O–H groups in total. The van der Waals surface area contributed by atoms with Crippen LogP contribution in [0.1, 0.15) is 53.4 Å². The van der Waals surface area contributed by atoms with Crippen molar-refractivity contribution in [3.05, 3.63) is 24.3 Å². The normalized spacial score (nSPS) is 21.6. The SMILES string of the molecule is CC1CCC(CNc2cccc(NC(=O)OC(C)(C)C)c2)CC1. The summed E-state index contributed by atoms with van der Waals surface area (Å²) in [5.41, 5.74) is 1.30. The van der Waals surface area contributed by atoms with Gasteiger partial charge >= 0.3 is 6.09 Å². The minimum absolute atomic E-state index is 0.420. The standard InChI is InChI=1S/C19H30N2O2/c1-14-8-10-15(11-9-14)13-20-16-6-5-7-17(12-16)21-18(22)23-19(2,3)4/h5-7,12,14-15,20H,8-11,13H2,1-4H3,(H,21,22). The fourth-order valence-corrected chi connectivity index (χ4v) is 2.92. The predicted molar refractivity (Wildman–Crippen MR) is 95.9 cm³/mol. The smallest absolute Gasteiger partial charge is 0.412 e. The van der Waals surface area contributed by atoms with E-state index in [-0.39, 0.29) is 0 Å². The molecule has 0 atom stereocenters. The van der Waals surface area contributed by atoms with Gasteiger partial charge < -0.3 is 10.1 Å². The zero-order chi connectivity index (χ0) is 16.9. The Balaban J connectivity index is 1.83. The molecule has 1 aliphatic rings. The van der Waals surface area contributed by atoms with Crippen LogP contribution in [0.4, 0.5) is 16.2 Å². The molecule has 4 heteroatoms. The lowest BCUT2D eigenvalue weighted by Crippen LogP contribution is -2.27. The Bertz CT molecular complexity index is 514. The minimum Gasteiger partial charge on any atom is -0.444 e. The van der Waals surface area contributed by atoms with Crippen LogP contribution in [0.15, 0.2) is 24.3 Å². The largest absolute Gasteiger partial charge is 0.444 e. The summed E-state index contributed by atoms with van der Waals surface area (Å²) < 4.78 is 5.28. The van der Waals surface area contributed by atoms with Gasteiger partial charge in [0.1, 0.15) is 5.60 Å². The van der Waals surface area contributed by atoms with Crippen LogP contribution in [0.2, 0.25) is 0 Å². The third-order valence-electron chi connectivity index (χ3n) is 4.24. The van der Waals surface area contributed by atoms with Gasteiger partial charge in [0.2, 0.25) is 0 Å². The Hall–Kier alpha value is -1.71. The lowest BCUT2D eigenvalue weighted by Gasteiger charge is -2.26. The highest BCUT2D eigenvalue weighted by Gasteiger charge is 2.18. The number of rotatable bonds is 4. The van der Waals surface area contributed by atoms with E-state index in [1.165, 1.54) is 25.7 Å². The van der Waals surface area contributed by atoms with Gasteiger partial charge in [-0.3, -0.25) is 5.32 Å². The maximum Gasteiger partial charge on any atom is 0.412 e. The topological polar surface area (TPSA) is 50.4 Å². The van der Waals surface area contributed by atoms with Crippen LogP contribution in [0.25, 0.3) is 0 Å². The van der Waals surface area contributed by atoms with Crippen LogP contribution in [0.5, 0.6) is 0 Å². The molecule has 0 aliphatic heterocycles. The third-order valence-corrected chi connectivity index (χ3v) is 4.24. The summed E-state index contributed by atoms with van der Waals surface area (Å²) >= 11 is 0. The van der Waals surface area contributed by atoms with Gasteiger partial charge in [-0.1, -0.05) is 25.8 Å². The summed E-state index contributed by atoms with van der Waals surface area (Å²) in [6.45, 7) is 8.92. The van der Waals surface area contributed by atoms with Crippen molar-refractivity contribution in [2.75, 3.05) is 17.2 Å². The Labute approximate surface area is 140 Å². The molecular formula is C19H30N2O2. The van der Waals surface area contributed by atoms with Crippen LogP contribution < -0.4 is 10.6 Å². The molecule has 1 fully saturated rings. The van der Waals surface area contributed by atoms with E-state index in [0.29, 0.717) is 0 Å². The highest BCUT2D eigenvalue weighted by molar-refractivity contribution is 5.85. The zero-order valence-electron chi connectivity index (χ0n) is 14.8. The Kier molecular flexibility index (Phi) is 5.91. The first-order valence-corrected chi connectivity index (χ1v) is 8.66. The van der Waals surface area contributed by atoms with Crippen molar-refractivity contribution in [3.8, 4) is 0 Å². The van der Waals surface area contributed by atoms with Crippen LogP contribution in [0.3, 0.4) is 0 Å². The molecule has 0 bridgehead atoms. The predicted octanol–water partition coefficient (Wildman–Crippen LogP) is 5.27. The quantitative estimate of drug-likeness (QED) is 0.795. The van der Waals surface area contributed by atoms with E-state index in [2.05, 4.69) is 17.6 Å². The summed E-state index contributed by atoms with van der Waals surface area (Å²) in [6, 6.07) is 7.80. The van der Waals surface area contributed by atoms with E-state index in [9.17, 15) is 4.79 Å². The average molecular weight is 318 g/mol. The molecule has 0 unspecified atom stereocenters. The molecule has 0 saturated heterocycles. The molecule has 1 aromatic carbocycles. The molecule has 2 rings (SSSR count). The highest BCUT2D eigenvalue weighted by atomic mass is 16.6. The molecule has 4 nitrogen and oxygen atoms in total. The highest BCUT2D eigenvalue weighted by Crippen LogP contribution is 2.28. The van der Waals surface area contributed by atoms with Gasteiger partial charge in [0.25, 0.3) is 0 Å². The van der Waals surface area contributed by atoms with Gasteiger partial charge in [-0.05, 0) is 63.6 Å². The molecular weight excluding hydrogens is 288 g/mol. The van der Waals surface area contributed by atoms with E-state index in [1.807, 2.05) is 45.0 Å². The van der Waals surface area contributed by atoms with Crippen molar-refractivity contribution in [1.82, 2.24) is 0 Å². The second-order valence-electron chi connectivity index (χ2n) is 7.71. The van der Waals surface area contributed by atoms with Crippen molar-refractivity contribution in [1.29, 1.82) is 0 Å². The number of ether oxygens (including phenoxy) is 1. The van der Waals surface area contributed by atoms with Crippen LogP contribution in [-0.2, 0) is 4.74 Å². The lowest BCUT2D eigenvalue weighted by molar-refractivity contribution is 0.0636. The Morgan fingerprint density at radius 2 is 1.83 bits per heavy atom. The second kappa shape index (κ2) is 7.71. The van der Waals surface area contributed by atoms with Crippen molar-refractivity contribution >= 4 is 17.5 Å². The van der Waals surface area contributed by atoms with Crippen molar-refractivity contribution in [3.63, 3.8) is 0 Å². The number of hydrogen-bond acceptors (Lipinski definition) is 3. The monoisotopic (exact) mass is 318 g/mol. The number of benzene rings is 1. The number of carbonyl (C=O) groups excluding carboxylic acids is 1. The molecule has 0 heterocycles. The number of nitrogens with one attached hydrogen (secondary N) is 2. The zero-order valence-corrected chi connectivity index (χ0v) is 14.8. The number of anilines is 2. The van der Waals surface area contributed by atoms with E-state index in [4.69, 9.17) is 4.74 Å². The van der Waals surface area contributed by atoms with E-state index in [1.54, 1.807) is 0 Å². The molecule has 1 aliphatic carbocycles. The fraction of sp³-hybridized carbons (Fsp3) is 0.632. The maximum absolute atomic E-state index is 11.8. The summed E-state index contributed by atoms with van der Waals surface area (Å²) in [5, 5.41) is 6.28. The van der Waals surface area contributed by atoms with E-state index < -0.39 is 11.7 Å². The average Bonchev–Trinajstić information content (AvgIpc) is 2.45. The van der Waals surface area contributed by atoms with Gasteiger partial charge in [-0.15, -0.1) is 0 Å². The molecule has 128 valence electrons. The maximum atomic E-state index is 11.8. The van der Waals surface area contributed by atoms with Crippen LogP contribution in [-0.4, -0.2) is 18.2 Å². The second-order valence-corrected chi connectivity index (χ2v) is 7.71. The minimum atomic E-state index is -0.488. The summed E-state index contributed by atoms with van der Waals surface area (Å²) in [5.74, 6) is 1.64. The van der Waals surface area contributed by atoms with Gasteiger partial charge in [0.05, 0.1) is 0 Å². The van der Waals surface area contributed by atoms with Crippen molar-refractivity contribution in [2.24, 2.45) is 11.8 Å². The number of hydrogen-bond donors (Lipinski definition) is 2. The molecule has 0 spiro atoms. The first-order chi connectivity index (χ1) is 10.8. The van der Waals surface area contributed by atoms with Crippen LogP contribution >= 0.6 is 0 Å². The first kappa shape index (κ1) is 17.6. The molecule has 1 aromatic rings. The van der Waals surface area contributed by atoms with Gasteiger partial charge in [0.15, 0.2) is 0 Å². The molecule has 1 saturated carbocycles. The number of amides is 1. The van der Waals surface area contributed by atoms with Gasteiger partial charge in [-0.2, -0.15) is 0 Å². The summed E-state index contributed by atoms with van der Waals surface area (Å²) in [7, 11) is 0. The van der Waals surface area contributed by atoms with E-state index >= 15 is 0 Å². The van der Waals surface area contributed by atoms with Gasteiger partial charge in [-0.25, -0.2) is 4.79 Å². The lowest BCUT2D eigenvalue weighted by atomic mass is 9.83. The summed E-state index contributed by atoms with van der Waals surface area (Å²) in [6.07, 6.45) is 4.88. The molecule has 23 heavy (non-hydrogen) atoms. The molecule has 0 aromatic heterocycles. The summed E-state index contributed by atoms with van der Waals surface area (Å²) in [4.78, 5) is 11.8. The van der Waals surface area contributed by atoms with Crippen LogP contribution in [0, 0.1) is 11.8 Å². The van der Waals surface area contributed by atoms with Gasteiger partial charge in [0, 0.05) is 17.9 Å². The van der Waals surface area contributed by atoms with Crippen molar-refractivity contribution in [2.45, 2.75) is 59.0 Å². The first-order valence-electron chi connectivity index (χ1n) is 8.66. The van der Waals surface area contributed by atoms with E-state index in [0.717, 1.165) is 29.8 Å². The molecule has 1 amide bonds. The fourth-order valence-electron chi connectivity index (χ4n) is 2.92. The Morgan fingerprint density at radius 1 is 1.17 bits per heavy atom. The molecule has 0 radical (unpaired) electrons.